The fourth-order valence-electron chi connectivity index (χ4n) is 3.83. The third kappa shape index (κ3) is 3.93. The Balaban J connectivity index is 1.49. The molecule has 1 saturated heterocycles. The molecule has 2 fully saturated rings. The van der Waals surface area contributed by atoms with Gasteiger partial charge in [0.15, 0.2) is 11.5 Å². The first-order chi connectivity index (χ1) is 15.7. The zero-order valence-corrected chi connectivity index (χ0v) is 19.5. The topological polar surface area (TPSA) is 99.0 Å². The molecule has 0 atom stereocenters. The SMILES string of the molecule is COc1c(Nc2cc(NC(=O)C3CC3)nn3ccnc23)cccc1B1OC(C)(C)C(C)(C)O1. The number of anilines is 3. The first-order valence-corrected chi connectivity index (χ1v) is 11.1. The Kier molecular flexibility index (Phi) is 5.10. The van der Waals surface area contributed by atoms with E-state index >= 15 is 0 Å². The molecular formula is C23H28BN5O4. The van der Waals surface area contributed by atoms with E-state index in [4.69, 9.17) is 14.0 Å². The van der Waals surface area contributed by atoms with Gasteiger partial charge in [0.05, 0.1) is 29.7 Å². The van der Waals surface area contributed by atoms with E-state index in [9.17, 15) is 4.79 Å². The molecule has 1 aliphatic carbocycles. The summed E-state index contributed by atoms with van der Waals surface area (Å²) in [6, 6.07) is 7.55. The van der Waals surface area contributed by atoms with Gasteiger partial charge in [-0.2, -0.15) is 0 Å². The highest BCUT2D eigenvalue weighted by Crippen LogP contribution is 2.38. The summed E-state index contributed by atoms with van der Waals surface area (Å²) in [5, 5.41) is 10.8. The average Bonchev–Trinajstić information content (AvgIpc) is 3.45. The van der Waals surface area contributed by atoms with Crippen molar-refractivity contribution in [1.29, 1.82) is 0 Å². The molecule has 172 valence electrons. The first-order valence-electron chi connectivity index (χ1n) is 11.1. The van der Waals surface area contributed by atoms with E-state index < -0.39 is 18.3 Å². The summed E-state index contributed by atoms with van der Waals surface area (Å²) in [5.74, 6) is 1.15. The number of carbonyl (C=O) groups is 1. The molecule has 0 radical (unpaired) electrons. The summed E-state index contributed by atoms with van der Waals surface area (Å²) in [5.41, 5.74) is 1.90. The molecule has 1 saturated carbocycles. The van der Waals surface area contributed by atoms with Gasteiger partial charge in [-0.05, 0) is 46.6 Å². The maximum atomic E-state index is 12.3. The summed E-state index contributed by atoms with van der Waals surface area (Å²) >= 11 is 0. The minimum atomic E-state index is -0.566. The second-order valence-corrected chi connectivity index (χ2v) is 9.54. The van der Waals surface area contributed by atoms with Crippen LogP contribution < -0.4 is 20.8 Å². The zero-order chi connectivity index (χ0) is 23.4. The highest BCUT2D eigenvalue weighted by atomic mass is 16.7. The lowest BCUT2D eigenvalue weighted by atomic mass is 9.78. The number of nitrogens with one attached hydrogen (secondary N) is 2. The highest BCUT2D eigenvalue weighted by Gasteiger charge is 2.52. The maximum Gasteiger partial charge on any atom is 0.498 e. The van der Waals surface area contributed by atoms with Crippen LogP contribution in [0.5, 0.6) is 5.75 Å². The molecule has 33 heavy (non-hydrogen) atoms. The van der Waals surface area contributed by atoms with Crippen LogP contribution >= 0.6 is 0 Å². The van der Waals surface area contributed by atoms with Gasteiger partial charge in [-0.15, -0.1) is 5.10 Å². The summed E-state index contributed by atoms with van der Waals surface area (Å²) in [6.45, 7) is 8.08. The van der Waals surface area contributed by atoms with Crippen molar-refractivity contribution < 1.29 is 18.8 Å². The van der Waals surface area contributed by atoms with Crippen LogP contribution in [0.25, 0.3) is 5.65 Å². The van der Waals surface area contributed by atoms with Crippen LogP contribution in [0.2, 0.25) is 0 Å². The summed E-state index contributed by atoms with van der Waals surface area (Å²) in [7, 11) is 1.05. The van der Waals surface area contributed by atoms with Gasteiger partial charge in [0.25, 0.3) is 0 Å². The van der Waals surface area contributed by atoms with Gasteiger partial charge >= 0.3 is 7.12 Å². The van der Waals surface area contributed by atoms with Crippen molar-refractivity contribution in [2.75, 3.05) is 17.7 Å². The minimum Gasteiger partial charge on any atom is -0.495 e. The van der Waals surface area contributed by atoms with Gasteiger partial charge < -0.3 is 24.7 Å². The van der Waals surface area contributed by atoms with Crippen LogP contribution in [0.4, 0.5) is 17.2 Å². The smallest absolute Gasteiger partial charge is 0.495 e. The van der Waals surface area contributed by atoms with Gasteiger partial charge in [0.1, 0.15) is 5.75 Å². The van der Waals surface area contributed by atoms with Gasteiger partial charge in [-0.25, -0.2) is 9.50 Å². The summed E-state index contributed by atoms with van der Waals surface area (Å²) in [6.07, 6.45) is 5.25. The minimum absolute atomic E-state index is 0.00625. The molecule has 2 N–H and O–H groups in total. The van der Waals surface area contributed by atoms with Crippen molar-refractivity contribution in [3.8, 4) is 5.75 Å². The Morgan fingerprint density at radius 2 is 1.91 bits per heavy atom. The lowest BCUT2D eigenvalue weighted by Gasteiger charge is -2.32. The van der Waals surface area contributed by atoms with Crippen molar-refractivity contribution in [3.05, 3.63) is 36.7 Å². The number of hydrogen-bond donors (Lipinski definition) is 2. The Hall–Kier alpha value is -3.11. The molecule has 0 bridgehead atoms. The molecule has 2 aromatic heterocycles. The maximum absolute atomic E-state index is 12.3. The molecule has 3 aromatic rings. The Bertz CT molecular complexity index is 1200. The molecule has 1 aliphatic heterocycles. The lowest BCUT2D eigenvalue weighted by molar-refractivity contribution is -0.117. The zero-order valence-electron chi connectivity index (χ0n) is 19.5. The van der Waals surface area contributed by atoms with E-state index in [2.05, 4.69) is 20.7 Å². The van der Waals surface area contributed by atoms with Crippen molar-refractivity contribution in [1.82, 2.24) is 14.6 Å². The lowest BCUT2D eigenvalue weighted by Crippen LogP contribution is -2.41. The normalized spacial score (nSPS) is 19.0. The molecule has 0 spiro atoms. The molecule has 5 rings (SSSR count). The fourth-order valence-corrected chi connectivity index (χ4v) is 3.83. The first kappa shape index (κ1) is 21.7. The second kappa shape index (κ2) is 7.74. The summed E-state index contributed by atoms with van der Waals surface area (Å²) in [4.78, 5) is 16.7. The Morgan fingerprint density at radius 3 is 2.58 bits per heavy atom. The van der Waals surface area contributed by atoms with Crippen LogP contribution in [0, 0.1) is 5.92 Å². The number of carbonyl (C=O) groups excluding carboxylic acids is 1. The number of fused-ring (bicyclic) bond motifs is 1. The Labute approximate surface area is 193 Å². The monoisotopic (exact) mass is 449 g/mol. The number of benzene rings is 1. The van der Waals surface area contributed by atoms with E-state index in [1.165, 1.54) is 0 Å². The average molecular weight is 449 g/mol. The molecule has 1 amide bonds. The molecule has 9 nitrogen and oxygen atoms in total. The largest absolute Gasteiger partial charge is 0.498 e. The molecule has 1 aromatic carbocycles. The van der Waals surface area contributed by atoms with Crippen LogP contribution in [0.3, 0.4) is 0 Å². The Morgan fingerprint density at radius 1 is 1.18 bits per heavy atom. The predicted octanol–water partition coefficient (Wildman–Crippen LogP) is 3.13. The quantitative estimate of drug-likeness (QED) is 0.558. The number of aromatic nitrogens is 3. The standard InChI is InChI=1S/C23H28BN5O4/c1-22(2)23(3,4)33-24(32-22)15-7-6-8-16(19(15)31-5)26-17-13-18(27-21(30)14-9-10-14)28-29-12-11-25-20(17)29/h6-8,11-14,26H,9-10H2,1-5H3,(H,27,28,30). The number of para-hydroxylation sites is 1. The number of nitrogens with zero attached hydrogens (tertiary/aromatic N) is 3. The van der Waals surface area contributed by atoms with E-state index in [-0.39, 0.29) is 11.8 Å². The molecule has 3 heterocycles. The highest BCUT2D eigenvalue weighted by molar-refractivity contribution is 6.63. The third-order valence-corrected chi connectivity index (χ3v) is 6.58. The molecular weight excluding hydrogens is 421 g/mol. The van der Waals surface area contributed by atoms with Crippen molar-refractivity contribution in [2.45, 2.75) is 51.7 Å². The summed E-state index contributed by atoms with van der Waals surface area (Å²) < 4.78 is 19.9. The number of rotatable bonds is 6. The fraction of sp³-hybridized carbons (Fsp3) is 0.435. The number of hydrogen-bond acceptors (Lipinski definition) is 7. The van der Waals surface area contributed by atoms with E-state index in [1.54, 1.807) is 30.1 Å². The predicted molar refractivity (Wildman–Crippen MR) is 126 cm³/mol. The van der Waals surface area contributed by atoms with Gasteiger partial charge in [-0.3, -0.25) is 4.79 Å². The van der Waals surface area contributed by atoms with Gasteiger partial charge in [-0.1, -0.05) is 12.1 Å². The van der Waals surface area contributed by atoms with E-state index in [1.807, 2.05) is 45.9 Å². The van der Waals surface area contributed by atoms with Crippen LogP contribution in [0.15, 0.2) is 36.7 Å². The van der Waals surface area contributed by atoms with Crippen molar-refractivity contribution >= 4 is 41.3 Å². The number of methoxy groups -OCH3 is 1. The molecule has 0 unspecified atom stereocenters. The van der Waals surface area contributed by atoms with Crippen LogP contribution in [-0.4, -0.2) is 45.9 Å². The van der Waals surface area contributed by atoms with Crippen molar-refractivity contribution in [3.63, 3.8) is 0 Å². The van der Waals surface area contributed by atoms with Crippen LogP contribution in [-0.2, 0) is 14.1 Å². The molecule has 10 heteroatoms. The van der Waals surface area contributed by atoms with Gasteiger partial charge in [0, 0.05) is 29.8 Å². The molecule has 2 aliphatic rings. The van der Waals surface area contributed by atoms with Crippen LogP contribution in [0.1, 0.15) is 40.5 Å². The van der Waals surface area contributed by atoms with Gasteiger partial charge in [0.2, 0.25) is 5.91 Å². The van der Waals surface area contributed by atoms with E-state index in [0.717, 1.165) is 24.0 Å². The number of ether oxygens (including phenoxy) is 1. The van der Waals surface area contributed by atoms with Crippen molar-refractivity contribution in [2.24, 2.45) is 5.92 Å². The van der Waals surface area contributed by atoms with E-state index in [0.29, 0.717) is 22.9 Å². The number of amides is 1. The number of imidazole rings is 1. The second-order valence-electron chi connectivity index (χ2n) is 9.54. The third-order valence-electron chi connectivity index (χ3n) is 6.58.